The number of hydrogen-bond acceptors (Lipinski definition) is 4. The molecule has 0 saturated carbocycles. The van der Waals surface area contributed by atoms with E-state index in [0.29, 0.717) is 11.5 Å². The number of rotatable bonds is 4. The van der Waals surface area contributed by atoms with Crippen LogP contribution in [-0.2, 0) is 0 Å². The highest BCUT2D eigenvalue weighted by Gasteiger charge is 2.11. The van der Waals surface area contributed by atoms with Crippen molar-refractivity contribution in [3.63, 3.8) is 0 Å². The SMILES string of the molecule is Cc1cc(C)nc(N=C(NC(=O)c2ccccc2)Nc2ccc(C(C)C)cc2)n1. The first kappa shape index (κ1) is 20.2. The van der Waals surface area contributed by atoms with E-state index in [-0.39, 0.29) is 17.8 Å². The van der Waals surface area contributed by atoms with E-state index in [0.717, 1.165) is 17.1 Å². The summed E-state index contributed by atoms with van der Waals surface area (Å²) >= 11 is 0. The van der Waals surface area contributed by atoms with E-state index in [1.54, 1.807) is 12.1 Å². The molecule has 3 aromatic rings. The summed E-state index contributed by atoms with van der Waals surface area (Å²) in [5, 5.41) is 6.00. The van der Waals surface area contributed by atoms with Gasteiger partial charge < -0.3 is 5.32 Å². The van der Waals surface area contributed by atoms with Crippen molar-refractivity contribution >= 4 is 23.5 Å². The maximum Gasteiger partial charge on any atom is 0.257 e. The Morgan fingerprint density at radius 2 is 1.55 bits per heavy atom. The number of carbonyl (C=O) groups excluding carboxylic acids is 1. The molecule has 148 valence electrons. The van der Waals surface area contributed by atoms with Crippen LogP contribution < -0.4 is 10.6 Å². The maximum absolute atomic E-state index is 12.6. The van der Waals surface area contributed by atoms with Gasteiger partial charge in [-0.2, -0.15) is 4.99 Å². The largest absolute Gasteiger partial charge is 0.326 e. The van der Waals surface area contributed by atoms with E-state index < -0.39 is 0 Å². The van der Waals surface area contributed by atoms with Crippen LogP contribution in [0.15, 0.2) is 65.7 Å². The third-order valence-corrected chi connectivity index (χ3v) is 4.29. The van der Waals surface area contributed by atoms with Crippen LogP contribution in [-0.4, -0.2) is 21.8 Å². The van der Waals surface area contributed by atoms with Gasteiger partial charge in [-0.1, -0.05) is 44.2 Å². The number of anilines is 1. The van der Waals surface area contributed by atoms with E-state index in [1.165, 1.54) is 5.56 Å². The number of nitrogens with zero attached hydrogens (tertiary/aromatic N) is 3. The fraction of sp³-hybridized carbons (Fsp3) is 0.217. The number of benzene rings is 2. The summed E-state index contributed by atoms with van der Waals surface area (Å²) in [4.78, 5) is 25.8. The summed E-state index contributed by atoms with van der Waals surface area (Å²) in [7, 11) is 0. The first-order valence-corrected chi connectivity index (χ1v) is 9.55. The lowest BCUT2D eigenvalue weighted by Crippen LogP contribution is -2.35. The van der Waals surface area contributed by atoms with E-state index in [2.05, 4.69) is 51.6 Å². The minimum Gasteiger partial charge on any atom is -0.326 e. The van der Waals surface area contributed by atoms with Crippen molar-refractivity contribution < 1.29 is 4.79 Å². The number of aliphatic imine (C=N–C) groups is 1. The molecule has 0 atom stereocenters. The van der Waals surface area contributed by atoms with Gasteiger partial charge in [0.15, 0.2) is 0 Å². The minimum atomic E-state index is -0.264. The summed E-state index contributed by atoms with van der Waals surface area (Å²) in [6.07, 6.45) is 0. The fourth-order valence-corrected chi connectivity index (χ4v) is 2.80. The summed E-state index contributed by atoms with van der Waals surface area (Å²) in [5.74, 6) is 0.733. The van der Waals surface area contributed by atoms with Gasteiger partial charge in [0, 0.05) is 22.6 Å². The topological polar surface area (TPSA) is 79.3 Å². The second-order valence-electron chi connectivity index (χ2n) is 7.13. The zero-order valence-corrected chi connectivity index (χ0v) is 17.1. The molecule has 0 saturated heterocycles. The van der Waals surface area contributed by atoms with Crippen LogP contribution >= 0.6 is 0 Å². The number of carbonyl (C=O) groups is 1. The molecule has 3 rings (SSSR count). The molecule has 1 aromatic heterocycles. The van der Waals surface area contributed by atoms with Crippen molar-refractivity contribution in [1.82, 2.24) is 15.3 Å². The molecule has 0 aliphatic carbocycles. The zero-order chi connectivity index (χ0) is 20.8. The predicted octanol–water partition coefficient (Wildman–Crippen LogP) is 4.75. The number of nitrogens with one attached hydrogen (secondary N) is 2. The van der Waals surface area contributed by atoms with Gasteiger partial charge in [0.1, 0.15) is 0 Å². The van der Waals surface area contributed by atoms with Crippen molar-refractivity contribution in [1.29, 1.82) is 0 Å². The Morgan fingerprint density at radius 3 is 2.14 bits per heavy atom. The molecule has 6 heteroatoms. The lowest BCUT2D eigenvalue weighted by Gasteiger charge is -2.13. The molecule has 0 radical (unpaired) electrons. The highest BCUT2D eigenvalue weighted by molar-refractivity contribution is 6.10. The fourth-order valence-electron chi connectivity index (χ4n) is 2.80. The molecule has 1 amide bonds. The maximum atomic E-state index is 12.6. The van der Waals surface area contributed by atoms with Crippen LogP contribution in [0.3, 0.4) is 0 Å². The molecule has 0 unspecified atom stereocenters. The van der Waals surface area contributed by atoms with E-state index in [1.807, 2.05) is 50.2 Å². The molecule has 0 aliphatic heterocycles. The van der Waals surface area contributed by atoms with Gasteiger partial charge in [-0.15, -0.1) is 0 Å². The van der Waals surface area contributed by atoms with Crippen LogP contribution in [0, 0.1) is 13.8 Å². The molecule has 0 bridgehead atoms. The van der Waals surface area contributed by atoms with Gasteiger partial charge in [0.05, 0.1) is 0 Å². The number of aromatic nitrogens is 2. The lowest BCUT2D eigenvalue weighted by molar-refractivity contribution is 0.0977. The Hall–Kier alpha value is -3.54. The summed E-state index contributed by atoms with van der Waals surface area (Å²) < 4.78 is 0. The van der Waals surface area contributed by atoms with Gasteiger partial charge in [-0.25, -0.2) is 9.97 Å². The molecular formula is C23H25N5O. The standard InChI is InChI=1S/C23H25N5O/c1-15(2)18-10-12-20(13-11-18)26-23(27-21(29)19-8-6-5-7-9-19)28-22-24-16(3)14-17(4)25-22/h5-15H,1-4H3,(H2,24,25,26,27,28,29). The summed E-state index contributed by atoms with van der Waals surface area (Å²) in [6.45, 7) is 8.06. The molecule has 1 heterocycles. The van der Waals surface area contributed by atoms with Crippen molar-refractivity contribution in [2.75, 3.05) is 5.32 Å². The van der Waals surface area contributed by atoms with E-state index in [4.69, 9.17) is 0 Å². The first-order chi connectivity index (χ1) is 13.9. The molecule has 29 heavy (non-hydrogen) atoms. The molecule has 2 N–H and O–H groups in total. The van der Waals surface area contributed by atoms with Crippen molar-refractivity contribution in [2.24, 2.45) is 4.99 Å². The Morgan fingerprint density at radius 1 is 0.931 bits per heavy atom. The lowest BCUT2D eigenvalue weighted by atomic mass is 10.0. The Labute approximate surface area is 171 Å². The van der Waals surface area contributed by atoms with Crippen molar-refractivity contribution in [3.05, 3.63) is 83.2 Å². The molecule has 0 aliphatic rings. The van der Waals surface area contributed by atoms with Gasteiger partial charge in [-0.05, 0) is 55.7 Å². The monoisotopic (exact) mass is 387 g/mol. The van der Waals surface area contributed by atoms with Gasteiger partial charge in [0.2, 0.25) is 5.96 Å². The summed E-state index contributed by atoms with van der Waals surface area (Å²) in [6, 6.07) is 18.9. The van der Waals surface area contributed by atoms with Gasteiger partial charge >= 0.3 is 0 Å². The second kappa shape index (κ2) is 9.10. The molecule has 0 fully saturated rings. The number of hydrogen-bond donors (Lipinski definition) is 2. The van der Waals surface area contributed by atoms with Gasteiger partial charge in [-0.3, -0.25) is 10.1 Å². The Balaban J connectivity index is 1.90. The Kier molecular flexibility index (Phi) is 6.34. The highest BCUT2D eigenvalue weighted by Crippen LogP contribution is 2.17. The molecular weight excluding hydrogens is 362 g/mol. The third-order valence-electron chi connectivity index (χ3n) is 4.29. The smallest absolute Gasteiger partial charge is 0.257 e. The average molecular weight is 387 g/mol. The molecule has 2 aromatic carbocycles. The molecule has 6 nitrogen and oxygen atoms in total. The first-order valence-electron chi connectivity index (χ1n) is 9.55. The predicted molar refractivity (Wildman–Crippen MR) is 117 cm³/mol. The zero-order valence-electron chi connectivity index (χ0n) is 17.1. The average Bonchev–Trinajstić information content (AvgIpc) is 2.68. The minimum absolute atomic E-state index is 0.264. The van der Waals surface area contributed by atoms with E-state index >= 15 is 0 Å². The number of amides is 1. The number of guanidine groups is 1. The second-order valence-corrected chi connectivity index (χ2v) is 7.13. The third kappa shape index (κ3) is 5.72. The summed E-state index contributed by atoms with van der Waals surface area (Å²) in [5.41, 5.74) is 4.21. The van der Waals surface area contributed by atoms with Crippen LogP contribution in [0.25, 0.3) is 0 Å². The van der Waals surface area contributed by atoms with Gasteiger partial charge in [0.25, 0.3) is 11.9 Å². The number of aryl methyl sites for hydroxylation is 2. The highest BCUT2D eigenvalue weighted by atomic mass is 16.1. The van der Waals surface area contributed by atoms with Crippen molar-refractivity contribution in [2.45, 2.75) is 33.6 Å². The van der Waals surface area contributed by atoms with Crippen LogP contribution in [0.5, 0.6) is 0 Å². The Bertz CT molecular complexity index is 991. The van der Waals surface area contributed by atoms with Crippen LogP contribution in [0.4, 0.5) is 11.6 Å². The molecule has 0 spiro atoms. The quantitative estimate of drug-likeness (QED) is 0.500. The van der Waals surface area contributed by atoms with Crippen molar-refractivity contribution in [3.8, 4) is 0 Å². The van der Waals surface area contributed by atoms with Crippen LogP contribution in [0.1, 0.15) is 47.1 Å². The van der Waals surface area contributed by atoms with E-state index in [9.17, 15) is 4.79 Å². The normalized spacial score (nSPS) is 11.4. The van der Waals surface area contributed by atoms with Crippen LogP contribution in [0.2, 0.25) is 0 Å².